The van der Waals surface area contributed by atoms with Crippen molar-refractivity contribution in [1.82, 2.24) is 15.3 Å². The van der Waals surface area contributed by atoms with E-state index in [2.05, 4.69) is 31.2 Å². The molecule has 0 fully saturated rings. The maximum Gasteiger partial charge on any atom is 0.251 e. The Kier molecular flexibility index (Phi) is 4.99. The Hall–Kier alpha value is -1.33. The SMILES string of the molecule is O=C(NCCCc1ncc[nH]1)c1cc(Cl)cc(Br)c1. The number of aromatic amines is 1. The number of aromatic nitrogens is 2. The molecule has 1 aromatic carbocycles. The third kappa shape index (κ3) is 4.36. The number of halogens is 2. The van der Waals surface area contributed by atoms with Gasteiger partial charge in [0.2, 0.25) is 0 Å². The van der Waals surface area contributed by atoms with Gasteiger partial charge < -0.3 is 10.3 Å². The van der Waals surface area contributed by atoms with Gasteiger partial charge in [0, 0.05) is 40.4 Å². The lowest BCUT2D eigenvalue weighted by Crippen LogP contribution is -2.24. The topological polar surface area (TPSA) is 57.8 Å². The molecule has 0 aliphatic rings. The van der Waals surface area contributed by atoms with Crippen LogP contribution in [0.25, 0.3) is 0 Å². The molecular weight excluding hydrogens is 330 g/mol. The lowest BCUT2D eigenvalue weighted by atomic mass is 10.2. The fraction of sp³-hybridized carbons (Fsp3) is 0.231. The van der Waals surface area contributed by atoms with Crippen LogP contribution in [0.4, 0.5) is 0 Å². The van der Waals surface area contributed by atoms with Crippen molar-refractivity contribution in [3.63, 3.8) is 0 Å². The van der Waals surface area contributed by atoms with Gasteiger partial charge in [0.15, 0.2) is 0 Å². The second kappa shape index (κ2) is 6.73. The molecule has 2 rings (SSSR count). The molecule has 0 aliphatic carbocycles. The van der Waals surface area contributed by atoms with Crippen molar-refractivity contribution in [2.45, 2.75) is 12.8 Å². The van der Waals surface area contributed by atoms with Gasteiger partial charge in [-0.15, -0.1) is 0 Å². The van der Waals surface area contributed by atoms with Crippen molar-refractivity contribution in [3.05, 3.63) is 51.5 Å². The molecule has 2 aromatic rings. The van der Waals surface area contributed by atoms with Crippen LogP contribution in [0, 0.1) is 0 Å². The summed E-state index contributed by atoms with van der Waals surface area (Å²) in [4.78, 5) is 19.0. The molecule has 0 radical (unpaired) electrons. The highest BCUT2D eigenvalue weighted by atomic mass is 79.9. The summed E-state index contributed by atoms with van der Waals surface area (Å²) in [6, 6.07) is 5.14. The number of hydrogen-bond donors (Lipinski definition) is 2. The quantitative estimate of drug-likeness (QED) is 0.820. The summed E-state index contributed by atoms with van der Waals surface area (Å²) in [7, 11) is 0. The Morgan fingerprint density at radius 2 is 2.26 bits per heavy atom. The first-order valence-corrected chi connectivity index (χ1v) is 7.05. The summed E-state index contributed by atoms with van der Waals surface area (Å²) in [6.07, 6.45) is 5.16. The molecular formula is C13H13BrClN3O. The number of carbonyl (C=O) groups excluding carboxylic acids is 1. The van der Waals surface area contributed by atoms with E-state index < -0.39 is 0 Å². The van der Waals surface area contributed by atoms with Crippen molar-refractivity contribution in [2.24, 2.45) is 0 Å². The van der Waals surface area contributed by atoms with Gasteiger partial charge in [-0.25, -0.2) is 4.98 Å². The fourth-order valence-electron chi connectivity index (χ4n) is 1.68. The molecule has 1 amide bonds. The Labute approximate surface area is 124 Å². The number of amides is 1. The van der Waals surface area contributed by atoms with E-state index in [1.807, 2.05) is 0 Å². The van der Waals surface area contributed by atoms with Crippen molar-refractivity contribution < 1.29 is 4.79 Å². The van der Waals surface area contributed by atoms with Crippen LogP contribution >= 0.6 is 27.5 Å². The molecule has 6 heteroatoms. The van der Waals surface area contributed by atoms with Gasteiger partial charge in [-0.3, -0.25) is 4.79 Å². The molecule has 0 atom stereocenters. The van der Waals surface area contributed by atoms with Crippen LogP contribution in [0.5, 0.6) is 0 Å². The molecule has 1 heterocycles. The monoisotopic (exact) mass is 341 g/mol. The van der Waals surface area contributed by atoms with Gasteiger partial charge in [-0.2, -0.15) is 0 Å². The highest BCUT2D eigenvalue weighted by Gasteiger charge is 2.07. The van der Waals surface area contributed by atoms with Crippen LogP contribution in [0.2, 0.25) is 5.02 Å². The lowest BCUT2D eigenvalue weighted by molar-refractivity contribution is 0.0953. The lowest BCUT2D eigenvalue weighted by Gasteiger charge is -2.05. The zero-order chi connectivity index (χ0) is 13.7. The van der Waals surface area contributed by atoms with Crippen LogP contribution in [0.15, 0.2) is 35.1 Å². The number of nitrogens with one attached hydrogen (secondary N) is 2. The summed E-state index contributed by atoms with van der Waals surface area (Å²) in [5, 5.41) is 3.39. The Morgan fingerprint density at radius 1 is 1.42 bits per heavy atom. The molecule has 0 saturated carbocycles. The van der Waals surface area contributed by atoms with Crippen LogP contribution < -0.4 is 5.32 Å². The van der Waals surface area contributed by atoms with Crippen molar-refractivity contribution in [1.29, 1.82) is 0 Å². The van der Waals surface area contributed by atoms with Gasteiger partial charge in [0.1, 0.15) is 5.82 Å². The van der Waals surface area contributed by atoms with Crippen LogP contribution in [-0.2, 0) is 6.42 Å². The minimum atomic E-state index is -0.123. The number of rotatable bonds is 5. The van der Waals surface area contributed by atoms with E-state index >= 15 is 0 Å². The standard InChI is InChI=1S/C13H13BrClN3O/c14-10-6-9(7-11(15)8-10)13(19)18-3-1-2-12-16-4-5-17-12/h4-8H,1-3H2,(H,16,17)(H,18,19). The summed E-state index contributed by atoms with van der Waals surface area (Å²) >= 11 is 9.21. The normalized spacial score (nSPS) is 10.4. The van der Waals surface area contributed by atoms with Crippen molar-refractivity contribution >= 4 is 33.4 Å². The highest BCUT2D eigenvalue weighted by Crippen LogP contribution is 2.19. The third-order valence-corrected chi connectivity index (χ3v) is 3.23. The fourth-order valence-corrected chi connectivity index (χ4v) is 2.54. The first-order chi connectivity index (χ1) is 9.15. The number of H-pyrrole nitrogens is 1. The van der Waals surface area contributed by atoms with Crippen LogP contribution in [0.3, 0.4) is 0 Å². The van der Waals surface area contributed by atoms with Crippen LogP contribution in [-0.4, -0.2) is 22.4 Å². The largest absolute Gasteiger partial charge is 0.352 e. The summed E-state index contributed by atoms with van der Waals surface area (Å²) in [6.45, 7) is 0.601. The second-order valence-electron chi connectivity index (χ2n) is 4.05. The number of hydrogen-bond acceptors (Lipinski definition) is 2. The second-order valence-corrected chi connectivity index (χ2v) is 5.41. The van der Waals surface area contributed by atoms with Gasteiger partial charge in [-0.05, 0) is 24.6 Å². The zero-order valence-corrected chi connectivity index (χ0v) is 12.5. The predicted molar refractivity (Wildman–Crippen MR) is 78.4 cm³/mol. The van der Waals surface area contributed by atoms with Gasteiger partial charge in [-0.1, -0.05) is 27.5 Å². The molecule has 19 heavy (non-hydrogen) atoms. The Morgan fingerprint density at radius 3 is 2.95 bits per heavy atom. The average molecular weight is 343 g/mol. The smallest absolute Gasteiger partial charge is 0.251 e. The van der Waals surface area contributed by atoms with E-state index in [-0.39, 0.29) is 5.91 Å². The number of aryl methyl sites for hydroxylation is 1. The first-order valence-electron chi connectivity index (χ1n) is 5.88. The maximum absolute atomic E-state index is 11.9. The van der Waals surface area contributed by atoms with Crippen molar-refractivity contribution in [3.8, 4) is 0 Å². The van der Waals surface area contributed by atoms with Crippen LogP contribution in [0.1, 0.15) is 22.6 Å². The molecule has 2 N–H and O–H groups in total. The number of carbonyl (C=O) groups is 1. The van der Waals surface area contributed by atoms with E-state index in [4.69, 9.17) is 11.6 Å². The average Bonchev–Trinajstić information content (AvgIpc) is 2.86. The van der Waals surface area contributed by atoms with Gasteiger partial charge in [0.25, 0.3) is 5.91 Å². The molecule has 0 bridgehead atoms. The number of nitrogens with zero attached hydrogens (tertiary/aromatic N) is 1. The predicted octanol–water partition coefficient (Wildman–Crippen LogP) is 3.19. The molecule has 100 valence electrons. The first kappa shape index (κ1) is 14.1. The minimum absolute atomic E-state index is 0.123. The van der Waals surface area contributed by atoms with E-state index in [0.29, 0.717) is 17.1 Å². The van der Waals surface area contributed by atoms with Gasteiger partial charge >= 0.3 is 0 Å². The molecule has 0 aliphatic heterocycles. The molecule has 4 nitrogen and oxygen atoms in total. The molecule has 0 saturated heterocycles. The Bertz CT molecular complexity index is 537. The van der Waals surface area contributed by atoms with E-state index in [0.717, 1.165) is 23.1 Å². The summed E-state index contributed by atoms with van der Waals surface area (Å²) < 4.78 is 0.792. The summed E-state index contributed by atoms with van der Waals surface area (Å²) in [5.41, 5.74) is 0.553. The molecule has 0 unspecified atom stereocenters. The molecule has 1 aromatic heterocycles. The summed E-state index contributed by atoms with van der Waals surface area (Å²) in [5.74, 6) is 0.808. The van der Waals surface area contributed by atoms with Crippen molar-refractivity contribution in [2.75, 3.05) is 6.54 Å². The van der Waals surface area contributed by atoms with E-state index in [1.165, 1.54) is 0 Å². The van der Waals surface area contributed by atoms with E-state index in [1.54, 1.807) is 30.6 Å². The zero-order valence-electron chi connectivity index (χ0n) is 10.1. The van der Waals surface area contributed by atoms with E-state index in [9.17, 15) is 4.79 Å². The van der Waals surface area contributed by atoms with Gasteiger partial charge in [0.05, 0.1) is 0 Å². The maximum atomic E-state index is 11.9. The highest BCUT2D eigenvalue weighted by molar-refractivity contribution is 9.10. The molecule has 0 spiro atoms. The minimum Gasteiger partial charge on any atom is -0.352 e. The number of benzene rings is 1. The Balaban J connectivity index is 1.80. The third-order valence-electron chi connectivity index (χ3n) is 2.56. The number of imidazole rings is 1.